The topological polar surface area (TPSA) is 142 Å². The number of fused-ring (bicyclic) bond motifs is 1. The molecular formula is C32H55N5O5. The molecule has 42 heavy (non-hydrogen) atoms. The molecule has 2 aromatic rings. The number of carbonyl (C=O) groups excluding carboxylic acids is 2. The molecule has 0 fully saturated rings. The first-order valence-corrected chi connectivity index (χ1v) is 16.2. The highest BCUT2D eigenvalue weighted by Crippen LogP contribution is 2.14. The predicted molar refractivity (Wildman–Crippen MR) is 165 cm³/mol. The maximum Gasteiger partial charge on any atom is 0.323 e. The van der Waals surface area contributed by atoms with E-state index < -0.39 is 18.1 Å². The van der Waals surface area contributed by atoms with Crippen LogP contribution < -0.4 is 5.73 Å². The molecule has 0 aliphatic heterocycles. The van der Waals surface area contributed by atoms with Gasteiger partial charge in [-0.15, -0.1) is 0 Å². The Morgan fingerprint density at radius 1 is 0.857 bits per heavy atom. The normalized spacial score (nSPS) is 13.0. The molecule has 0 radical (unpaired) electrons. The van der Waals surface area contributed by atoms with Crippen LogP contribution in [0.2, 0.25) is 0 Å². The maximum atomic E-state index is 12.4. The molecule has 10 heteroatoms. The Kier molecular flexibility index (Phi) is 18.7. The van der Waals surface area contributed by atoms with E-state index in [2.05, 4.69) is 26.9 Å². The van der Waals surface area contributed by atoms with E-state index >= 15 is 0 Å². The maximum absolute atomic E-state index is 12.4. The lowest BCUT2D eigenvalue weighted by Crippen LogP contribution is -2.39. The fourth-order valence-corrected chi connectivity index (χ4v) is 4.66. The largest absolute Gasteiger partial charge is 0.463 e. The van der Waals surface area contributed by atoms with Crippen LogP contribution in [-0.2, 0) is 30.4 Å². The first kappa shape index (κ1) is 35.6. The van der Waals surface area contributed by atoms with Crippen LogP contribution in [0.5, 0.6) is 0 Å². The molecule has 1 unspecified atom stereocenters. The molecule has 2 atom stereocenters. The summed E-state index contributed by atoms with van der Waals surface area (Å²) in [6.45, 7) is 5.97. The molecule has 3 N–H and O–H groups in total. The van der Waals surface area contributed by atoms with Crippen LogP contribution in [0.3, 0.4) is 0 Å². The highest BCUT2D eigenvalue weighted by molar-refractivity contribution is 5.75. The van der Waals surface area contributed by atoms with Gasteiger partial charge in [-0.05, 0) is 12.3 Å². The second-order valence-electron chi connectivity index (χ2n) is 11.7. The summed E-state index contributed by atoms with van der Waals surface area (Å²) in [4.78, 5) is 40.1. The molecule has 2 aromatic heterocycles. The van der Waals surface area contributed by atoms with Crippen molar-refractivity contribution in [2.24, 2.45) is 11.7 Å². The first-order chi connectivity index (χ1) is 20.4. The van der Waals surface area contributed by atoms with E-state index in [-0.39, 0.29) is 31.7 Å². The van der Waals surface area contributed by atoms with Crippen LogP contribution in [0.25, 0.3) is 11.2 Å². The zero-order valence-electron chi connectivity index (χ0n) is 26.3. The van der Waals surface area contributed by atoms with Gasteiger partial charge < -0.3 is 24.9 Å². The molecule has 2 rings (SSSR count). The van der Waals surface area contributed by atoms with Crippen LogP contribution in [0, 0.1) is 5.92 Å². The third-order valence-corrected chi connectivity index (χ3v) is 7.48. The van der Waals surface area contributed by atoms with Gasteiger partial charge in [-0.25, -0.2) is 15.0 Å². The van der Waals surface area contributed by atoms with Gasteiger partial charge in [-0.1, -0.05) is 111 Å². The monoisotopic (exact) mass is 589 g/mol. The lowest BCUT2D eigenvalue weighted by atomic mass is 10.0. The minimum absolute atomic E-state index is 0.0260. The molecule has 2 heterocycles. The summed E-state index contributed by atoms with van der Waals surface area (Å²) in [5.74, 6) is -0.296. The van der Waals surface area contributed by atoms with E-state index in [0.717, 1.165) is 19.3 Å². The van der Waals surface area contributed by atoms with E-state index in [1.165, 1.54) is 83.4 Å². The summed E-state index contributed by atoms with van der Waals surface area (Å²) in [5, 5.41) is 0. The third kappa shape index (κ3) is 15.6. The number of nitrogens with zero attached hydrogens (tertiary/aromatic N) is 3. The Labute approximate surface area is 252 Å². The fourth-order valence-electron chi connectivity index (χ4n) is 4.66. The van der Waals surface area contributed by atoms with Crippen molar-refractivity contribution in [1.82, 2.24) is 19.9 Å². The summed E-state index contributed by atoms with van der Waals surface area (Å²) >= 11 is 0. The number of unbranched alkanes of at least 4 members (excludes halogenated alkanes) is 14. The summed E-state index contributed by atoms with van der Waals surface area (Å²) in [6.07, 6.45) is 21.9. The summed E-state index contributed by atoms with van der Waals surface area (Å²) < 4.78 is 16.7. The first-order valence-electron chi connectivity index (χ1n) is 16.2. The molecule has 0 saturated heterocycles. The van der Waals surface area contributed by atoms with E-state index in [1.807, 2.05) is 13.8 Å². The van der Waals surface area contributed by atoms with Crippen molar-refractivity contribution in [3.8, 4) is 0 Å². The number of nitrogens with two attached hydrogens (primary N) is 1. The molecule has 0 aliphatic carbocycles. The third-order valence-electron chi connectivity index (χ3n) is 7.48. The number of hydrogen-bond acceptors (Lipinski definition) is 9. The number of H-pyrrole nitrogens is 1. The van der Waals surface area contributed by atoms with Crippen LogP contribution >= 0.6 is 0 Å². The Balaban J connectivity index is 1.59. The van der Waals surface area contributed by atoms with Crippen molar-refractivity contribution < 1.29 is 23.8 Å². The zero-order valence-corrected chi connectivity index (χ0v) is 26.3. The van der Waals surface area contributed by atoms with Crippen molar-refractivity contribution in [2.45, 2.75) is 142 Å². The minimum Gasteiger partial charge on any atom is -0.463 e. The average molecular weight is 590 g/mol. The van der Waals surface area contributed by atoms with Crippen molar-refractivity contribution >= 4 is 23.1 Å². The van der Waals surface area contributed by atoms with Gasteiger partial charge in [0.1, 0.15) is 49.6 Å². The quantitative estimate of drug-likeness (QED) is 0.0971. The van der Waals surface area contributed by atoms with Gasteiger partial charge in [0.05, 0.1) is 6.20 Å². The van der Waals surface area contributed by atoms with Crippen molar-refractivity contribution in [3.63, 3.8) is 0 Å². The number of hydrogen-bond donors (Lipinski definition) is 2. The molecular weight excluding hydrogens is 534 g/mol. The Hall–Kier alpha value is -2.59. The van der Waals surface area contributed by atoms with Gasteiger partial charge in [0.2, 0.25) is 0 Å². The van der Waals surface area contributed by atoms with Crippen molar-refractivity contribution in [1.29, 1.82) is 0 Å². The fraction of sp³-hybridized carbons (Fsp3) is 0.781. The number of aromatic nitrogens is 4. The Bertz CT molecular complexity index is 966. The van der Waals surface area contributed by atoms with E-state index in [0.29, 0.717) is 23.4 Å². The minimum atomic E-state index is -0.729. The van der Waals surface area contributed by atoms with Crippen molar-refractivity contribution in [2.75, 3.05) is 13.2 Å². The van der Waals surface area contributed by atoms with E-state index in [4.69, 9.17) is 19.9 Å². The van der Waals surface area contributed by atoms with Gasteiger partial charge in [0.15, 0.2) is 5.65 Å². The lowest BCUT2D eigenvalue weighted by molar-refractivity contribution is -0.157. The average Bonchev–Trinajstić information content (AvgIpc) is 3.41. The number of aromatic amines is 1. The molecule has 0 aliphatic rings. The second-order valence-corrected chi connectivity index (χ2v) is 11.7. The van der Waals surface area contributed by atoms with Crippen LogP contribution in [-0.4, -0.2) is 57.2 Å². The molecule has 0 bridgehead atoms. The summed E-state index contributed by atoms with van der Waals surface area (Å²) in [7, 11) is 0. The van der Waals surface area contributed by atoms with Gasteiger partial charge >= 0.3 is 11.9 Å². The SMILES string of the molecule is CCCCCCCCCCCCCCCCCC(=O)OCC(COC(=O)[C@@H](N)C(C)C)OCc1nc2ncncc2[nH]1. The van der Waals surface area contributed by atoms with E-state index in [9.17, 15) is 9.59 Å². The highest BCUT2D eigenvalue weighted by Gasteiger charge is 2.22. The van der Waals surface area contributed by atoms with Gasteiger partial charge in [0, 0.05) is 6.42 Å². The Morgan fingerprint density at radius 3 is 2.00 bits per heavy atom. The standard InChI is InChI=1S/C32H55N5O5/c1-4-5-6-7-8-9-10-11-12-13-14-15-16-17-18-19-29(38)41-21-26(22-42-32(39)30(33)25(2)3)40-23-28-36-27-20-34-24-35-31(27)37-28/h20,24-26,30H,4-19,21-23,33H2,1-3H3,(H,34,35,36,37)/t26?,30-/m0/s1. The smallest absolute Gasteiger partial charge is 0.323 e. The van der Waals surface area contributed by atoms with Gasteiger partial charge in [-0.2, -0.15) is 0 Å². The van der Waals surface area contributed by atoms with Gasteiger partial charge in [0.25, 0.3) is 0 Å². The molecule has 0 spiro atoms. The summed E-state index contributed by atoms with van der Waals surface area (Å²) in [6, 6.07) is -0.729. The number of esters is 2. The molecule has 10 nitrogen and oxygen atoms in total. The predicted octanol–water partition coefficient (Wildman–Crippen LogP) is 6.57. The second kappa shape index (κ2) is 22.0. The van der Waals surface area contributed by atoms with E-state index in [1.54, 1.807) is 6.20 Å². The summed E-state index contributed by atoms with van der Waals surface area (Å²) in [5.41, 5.74) is 7.12. The number of nitrogens with one attached hydrogen (secondary N) is 1. The van der Waals surface area contributed by atoms with Gasteiger partial charge in [-0.3, -0.25) is 9.59 Å². The number of rotatable bonds is 25. The molecule has 238 valence electrons. The van der Waals surface area contributed by atoms with Crippen molar-refractivity contribution in [3.05, 3.63) is 18.3 Å². The van der Waals surface area contributed by atoms with Crippen LogP contribution in [0.4, 0.5) is 0 Å². The zero-order chi connectivity index (χ0) is 30.4. The molecule has 0 aromatic carbocycles. The number of ether oxygens (including phenoxy) is 3. The molecule has 0 amide bonds. The molecule has 0 saturated carbocycles. The lowest BCUT2D eigenvalue weighted by Gasteiger charge is -2.20. The highest BCUT2D eigenvalue weighted by atomic mass is 16.6. The number of imidazole rings is 1. The van der Waals surface area contributed by atoms with Crippen LogP contribution in [0.15, 0.2) is 12.5 Å². The van der Waals surface area contributed by atoms with Crippen LogP contribution in [0.1, 0.15) is 129 Å². The Morgan fingerprint density at radius 2 is 1.43 bits per heavy atom. The number of carbonyl (C=O) groups is 2.